The van der Waals surface area contributed by atoms with Gasteiger partial charge in [0, 0.05) is 6.61 Å². The number of ether oxygens (including phenoxy) is 1. The summed E-state index contributed by atoms with van der Waals surface area (Å²) in [4.78, 5) is 0. The van der Waals surface area contributed by atoms with Gasteiger partial charge in [-0.05, 0) is 42.9 Å². The maximum atomic E-state index is 5.47. The zero-order valence-corrected chi connectivity index (χ0v) is 10.6. The van der Waals surface area contributed by atoms with Gasteiger partial charge in [-0.3, -0.25) is 0 Å². The molecule has 0 spiro atoms. The first-order valence-electron chi connectivity index (χ1n) is 6.22. The SMILES string of the molecule is C=CCOCCC1CC(C)CC(C)(C)C1. The largest absolute Gasteiger partial charge is 0.377 e. The smallest absolute Gasteiger partial charge is 0.0644 e. The topological polar surface area (TPSA) is 9.23 Å². The zero-order valence-electron chi connectivity index (χ0n) is 10.6. The van der Waals surface area contributed by atoms with Crippen LogP contribution in [0.25, 0.3) is 0 Å². The summed E-state index contributed by atoms with van der Waals surface area (Å²) >= 11 is 0. The van der Waals surface area contributed by atoms with Crippen molar-refractivity contribution in [3.05, 3.63) is 12.7 Å². The second-order valence-electron chi connectivity index (χ2n) is 5.93. The van der Waals surface area contributed by atoms with E-state index in [0.717, 1.165) is 18.4 Å². The van der Waals surface area contributed by atoms with Crippen LogP contribution in [0.1, 0.15) is 46.5 Å². The van der Waals surface area contributed by atoms with E-state index in [-0.39, 0.29) is 0 Å². The van der Waals surface area contributed by atoms with Crippen LogP contribution in [0.3, 0.4) is 0 Å². The van der Waals surface area contributed by atoms with E-state index in [4.69, 9.17) is 4.74 Å². The summed E-state index contributed by atoms with van der Waals surface area (Å²) in [6, 6.07) is 0. The van der Waals surface area contributed by atoms with Crippen molar-refractivity contribution in [3.8, 4) is 0 Å². The molecule has 2 unspecified atom stereocenters. The van der Waals surface area contributed by atoms with Gasteiger partial charge in [-0.15, -0.1) is 6.58 Å². The first-order chi connectivity index (χ1) is 7.03. The molecule has 1 fully saturated rings. The molecule has 0 N–H and O–H groups in total. The lowest BCUT2D eigenvalue weighted by atomic mass is 9.67. The van der Waals surface area contributed by atoms with Gasteiger partial charge in [0.05, 0.1) is 6.61 Å². The van der Waals surface area contributed by atoms with Crippen molar-refractivity contribution in [2.75, 3.05) is 13.2 Å². The highest BCUT2D eigenvalue weighted by Gasteiger charge is 2.31. The first-order valence-corrected chi connectivity index (χ1v) is 6.22. The number of rotatable bonds is 5. The van der Waals surface area contributed by atoms with E-state index >= 15 is 0 Å². The van der Waals surface area contributed by atoms with Gasteiger partial charge in [0.2, 0.25) is 0 Å². The van der Waals surface area contributed by atoms with E-state index in [1.54, 1.807) is 0 Å². The van der Waals surface area contributed by atoms with Crippen molar-refractivity contribution >= 4 is 0 Å². The minimum atomic E-state index is 0.542. The molecule has 1 rings (SSSR count). The molecule has 0 aromatic heterocycles. The van der Waals surface area contributed by atoms with Gasteiger partial charge < -0.3 is 4.74 Å². The lowest BCUT2D eigenvalue weighted by Crippen LogP contribution is -2.28. The van der Waals surface area contributed by atoms with Gasteiger partial charge >= 0.3 is 0 Å². The van der Waals surface area contributed by atoms with Crippen LogP contribution in [-0.4, -0.2) is 13.2 Å². The van der Waals surface area contributed by atoms with E-state index in [2.05, 4.69) is 27.4 Å². The van der Waals surface area contributed by atoms with Crippen molar-refractivity contribution in [1.82, 2.24) is 0 Å². The van der Waals surface area contributed by atoms with Gasteiger partial charge in [-0.2, -0.15) is 0 Å². The summed E-state index contributed by atoms with van der Waals surface area (Å²) in [5.41, 5.74) is 0.542. The van der Waals surface area contributed by atoms with E-state index in [1.165, 1.54) is 25.7 Å². The first kappa shape index (κ1) is 12.8. The Morgan fingerprint density at radius 2 is 2.13 bits per heavy atom. The fraction of sp³-hybridized carbons (Fsp3) is 0.857. The Labute approximate surface area is 94.9 Å². The van der Waals surface area contributed by atoms with E-state index in [0.29, 0.717) is 12.0 Å². The second kappa shape index (κ2) is 5.69. The molecule has 1 aliphatic rings. The highest BCUT2D eigenvalue weighted by atomic mass is 16.5. The predicted molar refractivity (Wildman–Crippen MR) is 65.9 cm³/mol. The Kier molecular flexibility index (Phi) is 4.85. The maximum absolute atomic E-state index is 5.47. The molecule has 1 nitrogen and oxygen atoms in total. The number of hydrogen-bond acceptors (Lipinski definition) is 1. The maximum Gasteiger partial charge on any atom is 0.0644 e. The average Bonchev–Trinajstić information content (AvgIpc) is 2.09. The molecule has 1 heteroatoms. The highest BCUT2D eigenvalue weighted by Crippen LogP contribution is 2.42. The van der Waals surface area contributed by atoms with Crippen LogP contribution in [0.15, 0.2) is 12.7 Å². The molecule has 0 aliphatic heterocycles. The molecule has 1 aliphatic carbocycles. The molecule has 15 heavy (non-hydrogen) atoms. The van der Waals surface area contributed by atoms with Gasteiger partial charge in [-0.25, -0.2) is 0 Å². The van der Waals surface area contributed by atoms with Gasteiger partial charge in [0.1, 0.15) is 0 Å². The molecule has 2 atom stereocenters. The van der Waals surface area contributed by atoms with Crippen LogP contribution in [0, 0.1) is 17.3 Å². The molecule has 0 radical (unpaired) electrons. The molecular weight excluding hydrogens is 184 g/mol. The van der Waals surface area contributed by atoms with E-state index < -0.39 is 0 Å². The summed E-state index contributed by atoms with van der Waals surface area (Å²) in [6.07, 6.45) is 7.20. The molecule has 0 saturated heterocycles. The summed E-state index contributed by atoms with van der Waals surface area (Å²) < 4.78 is 5.47. The highest BCUT2D eigenvalue weighted by molar-refractivity contribution is 4.82. The monoisotopic (exact) mass is 210 g/mol. The van der Waals surface area contributed by atoms with Crippen molar-refractivity contribution < 1.29 is 4.74 Å². The van der Waals surface area contributed by atoms with Crippen LogP contribution in [0.4, 0.5) is 0 Å². The van der Waals surface area contributed by atoms with Crippen LogP contribution >= 0.6 is 0 Å². The standard InChI is InChI=1S/C14H26O/c1-5-7-15-8-6-13-9-12(2)10-14(3,4)11-13/h5,12-13H,1,6-11H2,2-4H3. The molecule has 0 bridgehead atoms. The van der Waals surface area contributed by atoms with Crippen molar-refractivity contribution in [2.24, 2.45) is 17.3 Å². The predicted octanol–water partition coefficient (Wildman–Crippen LogP) is 4.04. The van der Waals surface area contributed by atoms with Gasteiger partial charge in [0.15, 0.2) is 0 Å². The van der Waals surface area contributed by atoms with Gasteiger partial charge in [0.25, 0.3) is 0 Å². The Bertz CT molecular complexity index is 196. The van der Waals surface area contributed by atoms with Crippen molar-refractivity contribution in [3.63, 3.8) is 0 Å². The van der Waals surface area contributed by atoms with Crippen LogP contribution in [0.5, 0.6) is 0 Å². The summed E-state index contributed by atoms with van der Waals surface area (Å²) in [5.74, 6) is 1.76. The summed E-state index contributed by atoms with van der Waals surface area (Å²) in [7, 11) is 0. The van der Waals surface area contributed by atoms with Crippen molar-refractivity contribution in [1.29, 1.82) is 0 Å². The third-order valence-electron chi connectivity index (χ3n) is 3.38. The molecule has 0 heterocycles. The Balaban J connectivity index is 2.26. The lowest BCUT2D eigenvalue weighted by Gasteiger charge is -2.39. The average molecular weight is 210 g/mol. The molecule has 88 valence electrons. The quantitative estimate of drug-likeness (QED) is 0.491. The van der Waals surface area contributed by atoms with E-state index in [9.17, 15) is 0 Å². The minimum Gasteiger partial charge on any atom is -0.377 e. The molecular formula is C14H26O. The normalized spacial score (nSPS) is 30.1. The van der Waals surface area contributed by atoms with Crippen molar-refractivity contribution in [2.45, 2.75) is 46.5 Å². The lowest BCUT2D eigenvalue weighted by molar-refractivity contribution is 0.0894. The fourth-order valence-electron chi connectivity index (χ4n) is 3.18. The minimum absolute atomic E-state index is 0.542. The third-order valence-corrected chi connectivity index (χ3v) is 3.38. The second-order valence-corrected chi connectivity index (χ2v) is 5.93. The Hall–Kier alpha value is -0.300. The molecule has 0 aromatic carbocycles. The summed E-state index contributed by atoms with van der Waals surface area (Å²) in [6.45, 7) is 12.5. The molecule has 0 aromatic rings. The molecule has 1 saturated carbocycles. The number of hydrogen-bond donors (Lipinski definition) is 0. The van der Waals surface area contributed by atoms with Crippen LogP contribution in [-0.2, 0) is 4.74 Å². The zero-order chi connectivity index (χ0) is 11.3. The van der Waals surface area contributed by atoms with Crippen LogP contribution in [0.2, 0.25) is 0 Å². The molecule has 0 amide bonds. The fourth-order valence-corrected chi connectivity index (χ4v) is 3.18. The van der Waals surface area contributed by atoms with Gasteiger partial charge in [-0.1, -0.05) is 26.8 Å². The Morgan fingerprint density at radius 3 is 2.73 bits per heavy atom. The van der Waals surface area contributed by atoms with Crippen LogP contribution < -0.4 is 0 Å². The summed E-state index contributed by atoms with van der Waals surface area (Å²) in [5, 5.41) is 0. The third kappa shape index (κ3) is 4.83. The van der Waals surface area contributed by atoms with E-state index in [1.807, 2.05) is 6.08 Å². The Morgan fingerprint density at radius 1 is 1.40 bits per heavy atom.